The highest BCUT2D eigenvalue weighted by Crippen LogP contribution is 2.38. The van der Waals surface area contributed by atoms with Crippen LogP contribution in [0.5, 0.6) is 23.0 Å². The second-order valence-electron chi connectivity index (χ2n) is 9.84. The van der Waals surface area contributed by atoms with Gasteiger partial charge in [0.25, 0.3) is 0 Å². The van der Waals surface area contributed by atoms with Crippen LogP contribution < -0.4 is 30.2 Å². The Kier molecular flexibility index (Phi) is 9.08. The summed E-state index contributed by atoms with van der Waals surface area (Å²) in [5.41, 5.74) is 1.27. The van der Waals surface area contributed by atoms with E-state index in [-0.39, 0.29) is 18.0 Å². The van der Waals surface area contributed by atoms with Crippen LogP contribution in [0.2, 0.25) is 0 Å². The van der Waals surface area contributed by atoms with Crippen LogP contribution >= 0.6 is 0 Å². The number of nitrogens with zero attached hydrogens (tertiary/aromatic N) is 1. The maximum atomic E-state index is 15.0. The van der Waals surface area contributed by atoms with E-state index in [0.29, 0.717) is 46.2 Å². The number of piperidine rings is 1. The molecular formula is C31H30F2N4O5. The van der Waals surface area contributed by atoms with Crippen molar-refractivity contribution in [2.24, 2.45) is 5.92 Å². The molecule has 218 valence electrons. The van der Waals surface area contributed by atoms with Gasteiger partial charge in [-0.25, -0.2) is 8.78 Å². The van der Waals surface area contributed by atoms with Crippen LogP contribution in [0.4, 0.5) is 14.5 Å². The molecule has 1 aliphatic rings. The normalized spacial score (nSPS) is 13.4. The predicted molar refractivity (Wildman–Crippen MR) is 153 cm³/mol. The molecular weight excluding hydrogens is 546 g/mol. The van der Waals surface area contributed by atoms with Gasteiger partial charge in [-0.05, 0) is 73.8 Å². The number of rotatable bonds is 9. The molecule has 1 aromatic heterocycles. The summed E-state index contributed by atoms with van der Waals surface area (Å²) in [4.78, 5) is 28.9. The smallest absolute Gasteiger partial charge is 0.313 e. The molecule has 1 saturated heterocycles. The van der Waals surface area contributed by atoms with E-state index in [0.717, 1.165) is 32.0 Å². The first kappa shape index (κ1) is 28.7. The molecule has 2 heterocycles. The molecule has 4 aromatic rings. The van der Waals surface area contributed by atoms with Gasteiger partial charge in [0.05, 0.1) is 19.2 Å². The minimum atomic E-state index is -0.976. The molecule has 0 bridgehead atoms. The monoisotopic (exact) mass is 576 g/mol. The summed E-state index contributed by atoms with van der Waals surface area (Å²) < 4.78 is 45.6. The molecule has 3 N–H and O–H groups in total. The number of pyridine rings is 1. The molecule has 0 atom stereocenters. The van der Waals surface area contributed by atoms with Crippen molar-refractivity contribution in [1.29, 1.82) is 0 Å². The number of fused-ring (bicyclic) bond motifs is 1. The minimum Gasteiger partial charge on any atom is -0.493 e. The van der Waals surface area contributed by atoms with E-state index >= 15 is 4.39 Å². The Morgan fingerprint density at radius 3 is 2.45 bits per heavy atom. The number of hydrogen-bond acceptors (Lipinski definition) is 7. The van der Waals surface area contributed by atoms with Gasteiger partial charge in [0.2, 0.25) is 0 Å². The van der Waals surface area contributed by atoms with Crippen LogP contribution in [-0.4, -0.2) is 43.6 Å². The fourth-order valence-corrected chi connectivity index (χ4v) is 4.58. The average molecular weight is 577 g/mol. The first-order valence-electron chi connectivity index (χ1n) is 13.5. The second-order valence-corrected chi connectivity index (χ2v) is 9.84. The van der Waals surface area contributed by atoms with E-state index in [1.54, 1.807) is 31.5 Å². The van der Waals surface area contributed by atoms with Gasteiger partial charge in [0.1, 0.15) is 11.6 Å². The largest absolute Gasteiger partial charge is 0.493 e. The summed E-state index contributed by atoms with van der Waals surface area (Å²) in [6, 6.07) is 14.4. The van der Waals surface area contributed by atoms with Gasteiger partial charge in [-0.2, -0.15) is 0 Å². The maximum Gasteiger partial charge on any atom is 0.313 e. The molecule has 0 unspecified atom stereocenters. The lowest BCUT2D eigenvalue weighted by molar-refractivity contribution is -0.136. The summed E-state index contributed by atoms with van der Waals surface area (Å²) in [7, 11) is 1.55. The van der Waals surface area contributed by atoms with Crippen molar-refractivity contribution in [1.82, 2.24) is 15.6 Å². The zero-order chi connectivity index (χ0) is 29.5. The molecule has 5 rings (SSSR count). The summed E-state index contributed by atoms with van der Waals surface area (Å²) in [6.45, 7) is 2.56. The van der Waals surface area contributed by atoms with E-state index in [1.807, 2.05) is 0 Å². The second kappa shape index (κ2) is 13.3. The summed E-state index contributed by atoms with van der Waals surface area (Å²) in [5, 5.41) is 8.73. The summed E-state index contributed by atoms with van der Waals surface area (Å²) in [6.07, 6.45) is 3.65. The summed E-state index contributed by atoms with van der Waals surface area (Å²) >= 11 is 0. The van der Waals surface area contributed by atoms with Crippen molar-refractivity contribution >= 4 is 28.4 Å². The Labute approximate surface area is 241 Å². The van der Waals surface area contributed by atoms with Crippen LogP contribution in [-0.2, 0) is 16.1 Å². The molecule has 11 heteroatoms. The van der Waals surface area contributed by atoms with E-state index < -0.39 is 23.4 Å². The number of methoxy groups -OCH3 is 1. The lowest BCUT2D eigenvalue weighted by atomic mass is 9.99. The van der Waals surface area contributed by atoms with Crippen molar-refractivity contribution in [3.8, 4) is 23.0 Å². The lowest BCUT2D eigenvalue weighted by Gasteiger charge is -2.23. The van der Waals surface area contributed by atoms with Crippen molar-refractivity contribution in [2.75, 3.05) is 32.1 Å². The topological polar surface area (TPSA) is 111 Å². The highest BCUT2D eigenvalue weighted by Gasteiger charge is 2.18. The number of carbonyl (C=O) groups is 2. The van der Waals surface area contributed by atoms with E-state index in [4.69, 9.17) is 14.2 Å². The SMILES string of the molecule is COc1cc2c(Oc3ccc(NC(=O)C(=O)NCc4ccc(F)cc4)cc3F)ccnc2cc1OCC1CCNCC1. The van der Waals surface area contributed by atoms with Crippen LogP contribution in [0.3, 0.4) is 0 Å². The third kappa shape index (κ3) is 7.10. The van der Waals surface area contributed by atoms with E-state index in [2.05, 4.69) is 20.9 Å². The fraction of sp³-hybridized carbons (Fsp3) is 0.258. The molecule has 42 heavy (non-hydrogen) atoms. The quantitative estimate of drug-likeness (QED) is 0.242. The number of nitrogens with one attached hydrogen (secondary N) is 3. The molecule has 1 aliphatic heterocycles. The molecule has 2 amide bonds. The van der Waals surface area contributed by atoms with Gasteiger partial charge in [0, 0.05) is 35.9 Å². The maximum absolute atomic E-state index is 15.0. The summed E-state index contributed by atoms with van der Waals surface area (Å²) in [5.74, 6) is -1.26. The minimum absolute atomic E-state index is 0.0319. The Balaban J connectivity index is 1.24. The fourth-order valence-electron chi connectivity index (χ4n) is 4.58. The molecule has 9 nitrogen and oxygen atoms in total. The molecule has 0 radical (unpaired) electrons. The van der Waals surface area contributed by atoms with Crippen LogP contribution in [0, 0.1) is 17.6 Å². The third-order valence-electron chi connectivity index (χ3n) is 6.90. The van der Waals surface area contributed by atoms with Gasteiger partial charge in [-0.15, -0.1) is 0 Å². The van der Waals surface area contributed by atoms with E-state index in [1.165, 1.54) is 36.4 Å². The number of carbonyl (C=O) groups excluding carboxylic acids is 2. The zero-order valence-corrected chi connectivity index (χ0v) is 22.9. The number of aromatic nitrogens is 1. The first-order valence-corrected chi connectivity index (χ1v) is 13.5. The van der Waals surface area contributed by atoms with Crippen LogP contribution in [0.1, 0.15) is 18.4 Å². The number of hydrogen-bond donors (Lipinski definition) is 3. The predicted octanol–water partition coefficient (Wildman–Crippen LogP) is 4.95. The Morgan fingerprint density at radius 2 is 1.71 bits per heavy atom. The number of halogens is 2. The Morgan fingerprint density at radius 1 is 0.929 bits per heavy atom. The Bertz CT molecular complexity index is 1580. The number of anilines is 1. The van der Waals surface area contributed by atoms with Crippen molar-refractivity contribution in [2.45, 2.75) is 19.4 Å². The standard InChI is InChI=1S/C31H30F2N4O5/c1-40-28-15-23-25(16-29(28)41-18-20-8-11-34-12-9-20)35-13-10-26(23)42-27-7-6-22(14-24(27)33)37-31(39)30(38)36-17-19-2-4-21(32)5-3-19/h2-7,10,13-16,20,34H,8-9,11-12,17-18H2,1H3,(H,36,38)(H,37,39). The third-order valence-corrected chi connectivity index (χ3v) is 6.90. The number of ether oxygens (including phenoxy) is 3. The van der Waals surface area contributed by atoms with Crippen LogP contribution in [0.15, 0.2) is 66.9 Å². The average Bonchev–Trinajstić information content (AvgIpc) is 3.01. The van der Waals surface area contributed by atoms with Crippen LogP contribution in [0.25, 0.3) is 10.9 Å². The van der Waals surface area contributed by atoms with E-state index in [9.17, 15) is 14.0 Å². The van der Waals surface area contributed by atoms with Crippen molar-refractivity contribution < 1.29 is 32.6 Å². The van der Waals surface area contributed by atoms with Gasteiger partial charge in [-0.3, -0.25) is 14.6 Å². The highest BCUT2D eigenvalue weighted by atomic mass is 19.1. The number of benzene rings is 3. The van der Waals surface area contributed by atoms with Gasteiger partial charge < -0.3 is 30.2 Å². The Hall–Kier alpha value is -4.77. The molecule has 0 aliphatic carbocycles. The number of amides is 2. The van der Waals surface area contributed by atoms with Gasteiger partial charge >= 0.3 is 11.8 Å². The zero-order valence-electron chi connectivity index (χ0n) is 22.9. The highest BCUT2D eigenvalue weighted by molar-refractivity contribution is 6.39. The van der Waals surface area contributed by atoms with Gasteiger partial charge in [0.15, 0.2) is 23.1 Å². The molecule has 3 aromatic carbocycles. The van der Waals surface area contributed by atoms with Crippen molar-refractivity contribution in [3.05, 3.63) is 84.1 Å². The molecule has 0 saturated carbocycles. The molecule has 0 spiro atoms. The molecule has 1 fully saturated rings. The van der Waals surface area contributed by atoms with Crippen molar-refractivity contribution in [3.63, 3.8) is 0 Å². The lowest BCUT2D eigenvalue weighted by Crippen LogP contribution is -2.34. The van der Waals surface area contributed by atoms with Gasteiger partial charge in [-0.1, -0.05) is 12.1 Å². The first-order chi connectivity index (χ1) is 20.4.